The van der Waals surface area contributed by atoms with E-state index in [0.29, 0.717) is 17.9 Å². The summed E-state index contributed by atoms with van der Waals surface area (Å²) in [5, 5.41) is 4.03. The molecule has 6 heteroatoms. The summed E-state index contributed by atoms with van der Waals surface area (Å²) in [5.74, 6) is 0.227. The first-order chi connectivity index (χ1) is 6.56. The molecule has 0 bridgehead atoms. The van der Waals surface area contributed by atoms with Gasteiger partial charge in [0.2, 0.25) is 5.88 Å². The molecule has 14 heavy (non-hydrogen) atoms. The molecule has 1 aromatic heterocycles. The molecular formula is C8H13F2N3O. The number of anilines is 1. The summed E-state index contributed by atoms with van der Waals surface area (Å²) in [5.41, 5.74) is 6.53. The molecule has 0 aromatic carbocycles. The third kappa shape index (κ3) is 2.12. The van der Waals surface area contributed by atoms with Crippen molar-refractivity contribution in [3.63, 3.8) is 0 Å². The molecule has 0 saturated heterocycles. The van der Waals surface area contributed by atoms with Crippen LogP contribution in [0.4, 0.5) is 14.5 Å². The summed E-state index contributed by atoms with van der Waals surface area (Å²) in [7, 11) is 0. The molecular weight excluding hydrogens is 192 g/mol. The fourth-order valence-electron chi connectivity index (χ4n) is 1.08. The Morgan fingerprint density at radius 1 is 1.57 bits per heavy atom. The normalized spacial score (nSPS) is 10.9. The van der Waals surface area contributed by atoms with Gasteiger partial charge in [0.25, 0.3) is 6.43 Å². The Kier molecular flexibility index (Phi) is 3.27. The number of alkyl halides is 2. The van der Waals surface area contributed by atoms with Crippen LogP contribution in [0, 0.1) is 6.92 Å². The van der Waals surface area contributed by atoms with Gasteiger partial charge in [0, 0.05) is 6.54 Å². The average Bonchev–Trinajstić information content (AvgIpc) is 2.40. The Morgan fingerprint density at radius 2 is 2.21 bits per heavy atom. The standard InChI is InChI=1S/C8H13F2N3O/c1-3-13-8(14-4-6(9)10)7(11)5(2)12-13/h6H,3-4,11H2,1-2H3. The summed E-state index contributed by atoms with van der Waals surface area (Å²) < 4.78 is 30.1. The van der Waals surface area contributed by atoms with Gasteiger partial charge in [-0.15, -0.1) is 0 Å². The number of aromatic nitrogens is 2. The molecule has 4 nitrogen and oxygen atoms in total. The lowest BCUT2D eigenvalue weighted by Crippen LogP contribution is -2.11. The van der Waals surface area contributed by atoms with Gasteiger partial charge in [-0.25, -0.2) is 13.5 Å². The van der Waals surface area contributed by atoms with Crippen LogP contribution in [0.25, 0.3) is 0 Å². The van der Waals surface area contributed by atoms with Crippen molar-refractivity contribution >= 4 is 5.69 Å². The first kappa shape index (κ1) is 10.7. The fraction of sp³-hybridized carbons (Fsp3) is 0.625. The van der Waals surface area contributed by atoms with E-state index < -0.39 is 13.0 Å². The Balaban J connectivity index is 2.82. The van der Waals surface area contributed by atoms with Crippen LogP contribution < -0.4 is 10.5 Å². The van der Waals surface area contributed by atoms with E-state index in [1.165, 1.54) is 4.68 Å². The number of rotatable bonds is 4. The first-order valence-electron chi connectivity index (χ1n) is 4.30. The SMILES string of the molecule is CCn1nc(C)c(N)c1OCC(F)F. The summed E-state index contributed by atoms with van der Waals surface area (Å²) in [6, 6.07) is 0. The predicted molar refractivity (Wildman–Crippen MR) is 48.5 cm³/mol. The molecule has 80 valence electrons. The number of aryl methyl sites for hydroxylation is 2. The molecule has 0 aliphatic carbocycles. The van der Waals surface area contributed by atoms with Gasteiger partial charge in [0.1, 0.15) is 5.69 Å². The quantitative estimate of drug-likeness (QED) is 0.809. The third-order valence-corrected chi connectivity index (χ3v) is 1.77. The Labute approximate surface area is 80.6 Å². The Bertz CT molecular complexity index is 312. The molecule has 0 amide bonds. The zero-order valence-electron chi connectivity index (χ0n) is 8.13. The molecule has 1 heterocycles. The summed E-state index contributed by atoms with van der Waals surface area (Å²) >= 11 is 0. The molecule has 2 N–H and O–H groups in total. The molecule has 0 aliphatic heterocycles. The van der Waals surface area contributed by atoms with E-state index in [4.69, 9.17) is 10.5 Å². The summed E-state index contributed by atoms with van der Waals surface area (Å²) in [6.45, 7) is 3.42. The molecule has 0 saturated carbocycles. The van der Waals surface area contributed by atoms with Gasteiger partial charge in [-0.1, -0.05) is 0 Å². The summed E-state index contributed by atoms with van der Waals surface area (Å²) in [6.07, 6.45) is -2.50. The van der Waals surface area contributed by atoms with E-state index in [9.17, 15) is 8.78 Å². The lowest BCUT2D eigenvalue weighted by atomic mass is 10.4. The summed E-state index contributed by atoms with van der Waals surface area (Å²) in [4.78, 5) is 0. The van der Waals surface area contributed by atoms with Crippen molar-refractivity contribution < 1.29 is 13.5 Å². The number of nitrogens with two attached hydrogens (primary N) is 1. The van der Waals surface area contributed by atoms with E-state index in [-0.39, 0.29) is 5.88 Å². The van der Waals surface area contributed by atoms with E-state index in [2.05, 4.69) is 5.10 Å². The number of nitrogen functional groups attached to an aromatic ring is 1. The molecule has 0 spiro atoms. The Morgan fingerprint density at radius 3 is 2.71 bits per heavy atom. The molecule has 0 atom stereocenters. The van der Waals surface area contributed by atoms with Crippen LogP contribution in [0.5, 0.6) is 5.88 Å². The van der Waals surface area contributed by atoms with Crippen LogP contribution in [0.15, 0.2) is 0 Å². The highest BCUT2D eigenvalue weighted by Gasteiger charge is 2.14. The molecule has 1 rings (SSSR count). The van der Waals surface area contributed by atoms with E-state index >= 15 is 0 Å². The first-order valence-corrected chi connectivity index (χ1v) is 4.30. The van der Waals surface area contributed by atoms with Gasteiger partial charge in [-0.05, 0) is 13.8 Å². The van der Waals surface area contributed by atoms with E-state index in [1.807, 2.05) is 6.92 Å². The highest BCUT2D eigenvalue weighted by Crippen LogP contribution is 2.24. The maximum atomic E-state index is 11.9. The minimum Gasteiger partial charge on any atom is -0.470 e. The van der Waals surface area contributed by atoms with Crippen LogP contribution in [-0.4, -0.2) is 22.8 Å². The molecule has 0 aliphatic rings. The van der Waals surface area contributed by atoms with Crippen LogP contribution in [0.1, 0.15) is 12.6 Å². The Hall–Kier alpha value is -1.33. The van der Waals surface area contributed by atoms with Crippen molar-refractivity contribution in [3.8, 4) is 5.88 Å². The molecule has 0 fully saturated rings. The zero-order valence-corrected chi connectivity index (χ0v) is 8.13. The zero-order chi connectivity index (χ0) is 10.7. The lowest BCUT2D eigenvalue weighted by molar-refractivity contribution is 0.0773. The lowest BCUT2D eigenvalue weighted by Gasteiger charge is -2.07. The second kappa shape index (κ2) is 4.26. The van der Waals surface area contributed by atoms with Crippen molar-refractivity contribution in [2.45, 2.75) is 26.8 Å². The van der Waals surface area contributed by atoms with Gasteiger partial charge >= 0.3 is 0 Å². The molecule has 0 unspecified atom stereocenters. The van der Waals surface area contributed by atoms with Crippen LogP contribution in [-0.2, 0) is 6.54 Å². The van der Waals surface area contributed by atoms with Gasteiger partial charge in [0.15, 0.2) is 6.61 Å². The third-order valence-electron chi connectivity index (χ3n) is 1.77. The molecule has 1 aromatic rings. The monoisotopic (exact) mass is 205 g/mol. The second-order valence-electron chi connectivity index (χ2n) is 2.82. The topological polar surface area (TPSA) is 53.1 Å². The number of hydrogen-bond acceptors (Lipinski definition) is 3. The smallest absolute Gasteiger partial charge is 0.272 e. The maximum Gasteiger partial charge on any atom is 0.272 e. The fourth-order valence-corrected chi connectivity index (χ4v) is 1.08. The van der Waals surface area contributed by atoms with Gasteiger partial charge in [-0.2, -0.15) is 5.10 Å². The molecule has 0 radical (unpaired) electrons. The van der Waals surface area contributed by atoms with Gasteiger partial charge < -0.3 is 10.5 Å². The van der Waals surface area contributed by atoms with Crippen LogP contribution in [0.3, 0.4) is 0 Å². The van der Waals surface area contributed by atoms with Crippen molar-refractivity contribution in [1.82, 2.24) is 9.78 Å². The number of hydrogen-bond donors (Lipinski definition) is 1. The van der Waals surface area contributed by atoms with Crippen molar-refractivity contribution in [2.75, 3.05) is 12.3 Å². The van der Waals surface area contributed by atoms with Gasteiger partial charge in [0.05, 0.1) is 5.69 Å². The van der Waals surface area contributed by atoms with E-state index in [0.717, 1.165) is 0 Å². The van der Waals surface area contributed by atoms with Gasteiger partial charge in [-0.3, -0.25) is 0 Å². The van der Waals surface area contributed by atoms with E-state index in [1.54, 1.807) is 6.92 Å². The number of nitrogens with zero attached hydrogens (tertiary/aromatic N) is 2. The highest BCUT2D eigenvalue weighted by molar-refractivity contribution is 5.52. The minimum absolute atomic E-state index is 0.227. The predicted octanol–water partition coefficient (Wildman–Crippen LogP) is 1.44. The number of halogens is 2. The van der Waals surface area contributed by atoms with Crippen LogP contribution in [0.2, 0.25) is 0 Å². The van der Waals surface area contributed by atoms with Crippen molar-refractivity contribution in [2.24, 2.45) is 0 Å². The van der Waals surface area contributed by atoms with Crippen molar-refractivity contribution in [3.05, 3.63) is 5.69 Å². The van der Waals surface area contributed by atoms with Crippen LogP contribution >= 0.6 is 0 Å². The minimum atomic E-state index is -2.50. The number of ether oxygens (including phenoxy) is 1. The maximum absolute atomic E-state index is 11.9. The second-order valence-corrected chi connectivity index (χ2v) is 2.82. The van der Waals surface area contributed by atoms with Crippen molar-refractivity contribution in [1.29, 1.82) is 0 Å². The average molecular weight is 205 g/mol. The highest BCUT2D eigenvalue weighted by atomic mass is 19.3. The largest absolute Gasteiger partial charge is 0.470 e.